The second-order valence-electron chi connectivity index (χ2n) is 6.07. The fourth-order valence-electron chi connectivity index (χ4n) is 2.66. The first-order valence-corrected chi connectivity index (χ1v) is 6.71. The van der Waals surface area contributed by atoms with E-state index in [2.05, 4.69) is 0 Å². The average molecular weight is 278 g/mol. The largest absolute Gasteiger partial charge is 0.497 e. The summed E-state index contributed by atoms with van der Waals surface area (Å²) in [5.41, 5.74) is 0.117. The molecule has 6 heteroatoms. The van der Waals surface area contributed by atoms with Crippen molar-refractivity contribution < 1.29 is 19.1 Å². The van der Waals surface area contributed by atoms with Gasteiger partial charge in [0.2, 0.25) is 0 Å². The molecule has 0 aromatic heterocycles. The zero-order valence-electron chi connectivity index (χ0n) is 11.8. The number of nitrogens with zero attached hydrogens (tertiary/aromatic N) is 2. The summed E-state index contributed by atoms with van der Waals surface area (Å²) in [6.45, 7) is 6.44. The molecule has 2 amide bonds. The molecule has 20 heavy (non-hydrogen) atoms. The van der Waals surface area contributed by atoms with Crippen LogP contribution in [0, 0.1) is 0 Å². The van der Waals surface area contributed by atoms with Crippen molar-refractivity contribution in [2.75, 3.05) is 13.2 Å². The fourth-order valence-corrected chi connectivity index (χ4v) is 2.66. The third kappa shape index (κ3) is 1.95. The summed E-state index contributed by atoms with van der Waals surface area (Å²) in [5.74, 6) is -0.101. The van der Waals surface area contributed by atoms with Gasteiger partial charge in [0.1, 0.15) is 24.5 Å². The minimum atomic E-state index is -0.589. The van der Waals surface area contributed by atoms with E-state index in [1.165, 1.54) is 4.90 Å². The first kappa shape index (κ1) is 13.0. The quantitative estimate of drug-likeness (QED) is 0.626. The van der Waals surface area contributed by atoms with Gasteiger partial charge in [-0.15, -0.1) is 0 Å². The van der Waals surface area contributed by atoms with Gasteiger partial charge in [-0.2, -0.15) is 0 Å². The first-order chi connectivity index (χ1) is 9.38. The van der Waals surface area contributed by atoms with E-state index in [0.717, 1.165) is 0 Å². The first-order valence-electron chi connectivity index (χ1n) is 6.71. The van der Waals surface area contributed by atoms with Gasteiger partial charge < -0.3 is 14.4 Å². The van der Waals surface area contributed by atoms with Crippen molar-refractivity contribution in [1.82, 2.24) is 9.80 Å². The fraction of sp³-hybridized carbons (Fsp3) is 0.571. The van der Waals surface area contributed by atoms with Gasteiger partial charge in [0.25, 0.3) is 5.91 Å². The van der Waals surface area contributed by atoms with Crippen molar-refractivity contribution in [1.29, 1.82) is 0 Å². The van der Waals surface area contributed by atoms with Crippen LogP contribution in [0.25, 0.3) is 0 Å². The van der Waals surface area contributed by atoms with Crippen LogP contribution in [0.2, 0.25) is 0 Å². The molecular formula is C14H18N2O4. The van der Waals surface area contributed by atoms with E-state index in [1.54, 1.807) is 38.0 Å². The summed E-state index contributed by atoms with van der Waals surface area (Å²) in [5, 5.41) is 0. The van der Waals surface area contributed by atoms with Gasteiger partial charge in [-0.3, -0.25) is 9.69 Å². The number of hydrogen-bond donors (Lipinski definition) is 0. The molecule has 0 saturated carbocycles. The molecule has 3 rings (SSSR count). The molecule has 0 aromatic carbocycles. The maximum Gasteiger partial charge on any atom is 0.412 e. The summed E-state index contributed by atoms with van der Waals surface area (Å²) < 4.78 is 10.7. The lowest BCUT2D eigenvalue weighted by Crippen LogP contribution is -2.60. The molecule has 0 aromatic rings. The zero-order chi connectivity index (χ0) is 14.5. The van der Waals surface area contributed by atoms with Gasteiger partial charge in [-0.25, -0.2) is 4.79 Å². The number of hydrogen-bond acceptors (Lipinski definition) is 4. The van der Waals surface area contributed by atoms with Crippen LogP contribution in [-0.2, 0) is 14.3 Å². The van der Waals surface area contributed by atoms with Gasteiger partial charge in [0, 0.05) is 0 Å². The molecule has 6 nitrogen and oxygen atoms in total. The summed E-state index contributed by atoms with van der Waals surface area (Å²) in [6, 6.07) is -0.849. The summed E-state index contributed by atoms with van der Waals surface area (Å²) in [6.07, 6.45) is 4.70. The minimum absolute atomic E-state index is 0.101. The Labute approximate surface area is 117 Å². The van der Waals surface area contributed by atoms with Gasteiger partial charge in [-0.05, 0) is 20.8 Å². The van der Waals surface area contributed by atoms with Gasteiger partial charge in [0.05, 0.1) is 18.3 Å². The van der Waals surface area contributed by atoms with E-state index >= 15 is 0 Å². The second kappa shape index (κ2) is 4.26. The highest BCUT2D eigenvalue weighted by atomic mass is 16.6. The lowest BCUT2D eigenvalue weighted by molar-refractivity contribution is -0.138. The number of carbonyl (C=O) groups is 2. The number of amides is 2. The van der Waals surface area contributed by atoms with Crippen molar-refractivity contribution in [2.45, 2.75) is 38.5 Å². The Morgan fingerprint density at radius 2 is 2.05 bits per heavy atom. The number of ether oxygens (including phenoxy) is 2. The number of rotatable bonds is 0. The topological polar surface area (TPSA) is 59.1 Å². The third-order valence-electron chi connectivity index (χ3n) is 3.45. The van der Waals surface area contributed by atoms with Crippen LogP contribution in [0.3, 0.4) is 0 Å². The molecule has 3 heterocycles. The average Bonchev–Trinajstić information content (AvgIpc) is 2.74. The Morgan fingerprint density at radius 1 is 1.35 bits per heavy atom. The SMILES string of the molecule is CC(C)(C)OC(=O)N1C2C=CC1C1=COCCN1C2=O. The summed E-state index contributed by atoms with van der Waals surface area (Å²) >= 11 is 0. The minimum Gasteiger partial charge on any atom is -0.497 e. The molecule has 108 valence electrons. The molecule has 3 aliphatic heterocycles. The summed E-state index contributed by atoms with van der Waals surface area (Å²) in [7, 11) is 0. The Bertz CT molecular complexity index is 518. The highest BCUT2D eigenvalue weighted by molar-refractivity contribution is 5.92. The van der Waals surface area contributed by atoms with Gasteiger partial charge >= 0.3 is 6.09 Å². The van der Waals surface area contributed by atoms with Crippen LogP contribution < -0.4 is 0 Å². The highest BCUT2D eigenvalue weighted by Gasteiger charge is 2.49. The van der Waals surface area contributed by atoms with Crippen molar-refractivity contribution >= 4 is 12.0 Å². The molecule has 2 atom stereocenters. The Hall–Kier alpha value is -1.98. The zero-order valence-corrected chi connectivity index (χ0v) is 11.8. The molecule has 0 radical (unpaired) electrons. The number of carbonyl (C=O) groups excluding carboxylic acids is 2. The monoisotopic (exact) mass is 278 g/mol. The number of fused-ring (bicyclic) bond motifs is 4. The van der Waals surface area contributed by atoms with Crippen molar-refractivity contribution in [3.8, 4) is 0 Å². The normalized spacial score (nSPS) is 27.9. The van der Waals surface area contributed by atoms with Crippen LogP contribution in [0.1, 0.15) is 20.8 Å². The van der Waals surface area contributed by atoms with Crippen LogP contribution in [0.4, 0.5) is 4.79 Å². The van der Waals surface area contributed by atoms with Crippen LogP contribution in [0.15, 0.2) is 24.1 Å². The van der Waals surface area contributed by atoms with Gasteiger partial charge in [0.15, 0.2) is 0 Å². The smallest absolute Gasteiger partial charge is 0.412 e. The van der Waals surface area contributed by atoms with Crippen LogP contribution in [0.5, 0.6) is 0 Å². The van der Waals surface area contributed by atoms with E-state index in [4.69, 9.17) is 9.47 Å². The highest BCUT2D eigenvalue weighted by Crippen LogP contribution is 2.34. The summed E-state index contributed by atoms with van der Waals surface area (Å²) in [4.78, 5) is 27.9. The molecule has 0 N–H and O–H groups in total. The lowest BCUT2D eigenvalue weighted by atomic mass is 10.1. The van der Waals surface area contributed by atoms with E-state index in [1.807, 2.05) is 6.08 Å². The Kier molecular flexibility index (Phi) is 2.77. The van der Waals surface area contributed by atoms with Crippen molar-refractivity contribution in [3.63, 3.8) is 0 Å². The van der Waals surface area contributed by atoms with Crippen LogP contribution >= 0.6 is 0 Å². The van der Waals surface area contributed by atoms with Crippen LogP contribution in [-0.4, -0.2) is 52.6 Å². The van der Waals surface area contributed by atoms with E-state index in [-0.39, 0.29) is 11.9 Å². The molecule has 3 aliphatic rings. The molecular weight excluding hydrogens is 260 g/mol. The molecule has 2 bridgehead atoms. The third-order valence-corrected chi connectivity index (χ3v) is 3.45. The molecule has 0 aliphatic carbocycles. The standard InChI is InChI=1S/C14H18N2O4/c1-14(2,3)20-13(18)16-9-4-5-10(16)12(17)15-6-7-19-8-11(9)15/h4-5,8-10H,6-7H2,1-3H3. The predicted molar refractivity (Wildman–Crippen MR) is 70.5 cm³/mol. The molecule has 1 saturated heterocycles. The van der Waals surface area contributed by atoms with Crippen molar-refractivity contribution in [2.24, 2.45) is 0 Å². The van der Waals surface area contributed by atoms with Gasteiger partial charge in [-0.1, -0.05) is 12.2 Å². The Balaban J connectivity index is 1.90. The van der Waals surface area contributed by atoms with E-state index in [9.17, 15) is 9.59 Å². The molecule has 1 fully saturated rings. The maximum absolute atomic E-state index is 12.4. The number of piperazine rings is 1. The van der Waals surface area contributed by atoms with Crippen molar-refractivity contribution in [3.05, 3.63) is 24.1 Å². The lowest BCUT2D eigenvalue weighted by Gasteiger charge is -2.43. The Morgan fingerprint density at radius 3 is 2.75 bits per heavy atom. The maximum atomic E-state index is 12.4. The van der Waals surface area contributed by atoms with E-state index in [0.29, 0.717) is 18.8 Å². The molecule has 2 unspecified atom stereocenters. The molecule has 0 spiro atoms. The second-order valence-corrected chi connectivity index (χ2v) is 6.07. The predicted octanol–water partition coefficient (Wildman–Crippen LogP) is 1.24. The van der Waals surface area contributed by atoms with E-state index < -0.39 is 17.7 Å².